The number of nitrogens with zero attached hydrogens (tertiary/aromatic N) is 1. The Morgan fingerprint density at radius 3 is 2.64 bits per heavy atom. The van der Waals surface area contributed by atoms with Crippen molar-refractivity contribution in [2.24, 2.45) is 0 Å². The number of rotatable bonds is 6. The van der Waals surface area contributed by atoms with E-state index in [1.807, 2.05) is 73.7 Å². The maximum absolute atomic E-state index is 12.6. The molecule has 0 atom stereocenters. The number of hydrogen-bond donors (Lipinski definition) is 2. The molecule has 0 radical (unpaired) electrons. The van der Waals surface area contributed by atoms with Crippen LogP contribution in [0.4, 0.5) is 16.5 Å². The minimum Gasteiger partial charge on any atom is -0.494 e. The van der Waals surface area contributed by atoms with Crippen LogP contribution < -0.4 is 15.4 Å². The van der Waals surface area contributed by atoms with Gasteiger partial charge in [-0.3, -0.25) is 4.79 Å². The standard InChI is InChI=1S/C22H19N3O2S/c1-2-27-17-12-10-16(11-13-17)23-22-25-20(14-28-22)21(26)24-19-9-5-7-15-6-3-4-8-18(15)19/h3-14H,2H2,1H3,(H,23,25)(H,24,26). The third-order valence-electron chi connectivity index (χ3n) is 4.19. The van der Waals surface area contributed by atoms with Crippen molar-refractivity contribution in [1.29, 1.82) is 0 Å². The third-order valence-corrected chi connectivity index (χ3v) is 4.95. The van der Waals surface area contributed by atoms with Crippen molar-refractivity contribution in [1.82, 2.24) is 4.98 Å². The average Bonchev–Trinajstić information content (AvgIpc) is 3.19. The van der Waals surface area contributed by atoms with Crippen LogP contribution in [0.25, 0.3) is 10.8 Å². The van der Waals surface area contributed by atoms with Crippen LogP contribution in [0, 0.1) is 0 Å². The summed E-state index contributed by atoms with van der Waals surface area (Å²) in [6, 6.07) is 21.4. The van der Waals surface area contributed by atoms with Gasteiger partial charge >= 0.3 is 0 Å². The van der Waals surface area contributed by atoms with Gasteiger partial charge in [0, 0.05) is 22.1 Å². The van der Waals surface area contributed by atoms with Crippen LogP contribution in [0.2, 0.25) is 0 Å². The number of carbonyl (C=O) groups excluding carboxylic acids is 1. The second-order valence-electron chi connectivity index (χ2n) is 6.10. The van der Waals surface area contributed by atoms with Gasteiger partial charge in [0.1, 0.15) is 11.4 Å². The van der Waals surface area contributed by atoms with Crippen molar-refractivity contribution >= 4 is 44.5 Å². The fourth-order valence-electron chi connectivity index (χ4n) is 2.88. The first kappa shape index (κ1) is 18.0. The van der Waals surface area contributed by atoms with Gasteiger partial charge in [-0.05, 0) is 42.6 Å². The van der Waals surface area contributed by atoms with Crippen LogP contribution in [0.15, 0.2) is 72.1 Å². The van der Waals surface area contributed by atoms with Gasteiger partial charge in [-0.25, -0.2) is 4.98 Å². The summed E-state index contributed by atoms with van der Waals surface area (Å²) >= 11 is 1.39. The molecule has 0 bridgehead atoms. The number of ether oxygens (including phenoxy) is 1. The van der Waals surface area contributed by atoms with E-state index in [0.29, 0.717) is 17.4 Å². The normalized spacial score (nSPS) is 10.6. The Balaban J connectivity index is 1.47. The van der Waals surface area contributed by atoms with Gasteiger partial charge < -0.3 is 15.4 Å². The van der Waals surface area contributed by atoms with E-state index in [-0.39, 0.29) is 5.91 Å². The van der Waals surface area contributed by atoms with E-state index >= 15 is 0 Å². The van der Waals surface area contributed by atoms with E-state index in [0.717, 1.165) is 27.9 Å². The quantitative estimate of drug-likeness (QED) is 0.445. The van der Waals surface area contributed by atoms with E-state index in [1.54, 1.807) is 5.38 Å². The summed E-state index contributed by atoms with van der Waals surface area (Å²) in [4.78, 5) is 17.0. The van der Waals surface area contributed by atoms with Crippen molar-refractivity contribution < 1.29 is 9.53 Å². The van der Waals surface area contributed by atoms with Gasteiger partial charge in [-0.1, -0.05) is 36.4 Å². The van der Waals surface area contributed by atoms with Crippen LogP contribution in [0.1, 0.15) is 17.4 Å². The minimum atomic E-state index is -0.229. The highest BCUT2D eigenvalue weighted by molar-refractivity contribution is 7.14. The summed E-state index contributed by atoms with van der Waals surface area (Å²) in [5.41, 5.74) is 2.04. The molecule has 0 spiro atoms. The number of nitrogens with one attached hydrogen (secondary N) is 2. The number of fused-ring (bicyclic) bond motifs is 1. The predicted octanol–water partition coefficient (Wildman–Crippen LogP) is 5.69. The zero-order chi connectivity index (χ0) is 19.3. The van der Waals surface area contributed by atoms with E-state index < -0.39 is 0 Å². The van der Waals surface area contributed by atoms with Crippen LogP contribution in [-0.4, -0.2) is 17.5 Å². The third kappa shape index (κ3) is 3.97. The number of benzene rings is 3. The van der Waals surface area contributed by atoms with Crippen molar-refractivity contribution in [2.75, 3.05) is 17.2 Å². The summed E-state index contributed by atoms with van der Waals surface area (Å²) in [7, 11) is 0. The Labute approximate surface area is 167 Å². The number of carbonyl (C=O) groups is 1. The topological polar surface area (TPSA) is 63.2 Å². The molecular weight excluding hydrogens is 370 g/mol. The molecule has 0 aliphatic carbocycles. The fourth-order valence-corrected chi connectivity index (χ4v) is 3.59. The molecule has 0 saturated heterocycles. The van der Waals surface area contributed by atoms with Crippen molar-refractivity contribution in [3.05, 3.63) is 77.8 Å². The number of thiazole rings is 1. The SMILES string of the molecule is CCOc1ccc(Nc2nc(C(=O)Nc3cccc4ccccc34)cs2)cc1. The van der Waals surface area contributed by atoms with Gasteiger partial charge in [0.05, 0.1) is 6.61 Å². The lowest BCUT2D eigenvalue weighted by molar-refractivity contribution is 0.102. The van der Waals surface area contributed by atoms with Crippen LogP contribution >= 0.6 is 11.3 Å². The monoisotopic (exact) mass is 389 g/mol. The van der Waals surface area contributed by atoms with Crippen LogP contribution in [-0.2, 0) is 0 Å². The lowest BCUT2D eigenvalue weighted by Crippen LogP contribution is -2.12. The van der Waals surface area contributed by atoms with Gasteiger partial charge in [0.15, 0.2) is 5.13 Å². The highest BCUT2D eigenvalue weighted by atomic mass is 32.1. The number of anilines is 3. The van der Waals surface area contributed by atoms with Gasteiger partial charge in [-0.15, -0.1) is 11.3 Å². The lowest BCUT2D eigenvalue weighted by atomic mass is 10.1. The van der Waals surface area contributed by atoms with Crippen molar-refractivity contribution in [2.45, 2.75) is 6.92 Å². The lowest BCUT2D eigenvalue weighted by Gasteiger charge is -2.07. The second kappa shape index (κ2) is 8.10. The molecule has 1 heterocycles. The Kier molecular flexibility index (Phi) is 5.21. The summed E-state index contributed by atoms with van der Waals surface area (Å²) in [6.45, 7) is 2.58. The molecule has 4 aromatic rings. The molecule has 2 N–H and O–H groups in total. The highest BCUT2D eigenvalue weighted by Gasteiger charge is 2.12. The van der Waals surface area contributed by atoms with Gasteiger partial charge in [0.2, 0.25) is 0 Å². The molecule has 0 saturated carbocycles. The van der Waals surface area contributed by atoms with E-state index in [1.165, 1.54) is 11.3 Å². The van der Waals surface area contributed by atoms with Crippen LogP contribution in [0.5, 0.6) is 5.75 Å². The average molecular weight is 389 g/mol. The molecule has 0 aliphatic rings. The minimum absolute atomic E-state index is 0.229. The largest absolute Gasteiger partial charge is 0.494 e. The molecule has 1 aromatic heterocycles. The first-order valence-electron chi connectivity index (χ1n) is 8.97. The summed E-state index contributed by atoms with van der Waals surface area (Å²) < 4.78 is 5.44. The Morgan fingerprint density at radius 2 is 1.82 bits per heavy atom. The highest BCUT2D eigenvalue weighted by Crippen LogP contribution is 2.26. The van der Waals surface area contributed by atoms with Crippen molar-refractivity contribution in [3.63, 3.8) is 0 Å². The predicted molar refractivity (Wildman–Crippen MR) is 115 cm³/mol. The molecule has 0 aliphatic heterocycles. The molecule has 4 rings (SSSR count). The second-order valence-corrected chi connectivity index (χ2v) is 6.96. The fraction of sp³-hybridized carbons (Fsp3) is 0.0909. The molecule has 3 aromatic carbocycles. The van der Waals surface area contributed by atoms with E-state index in [4.69, 9.17) is 4.74 Å². The van der Waals surface area contributed by atoms with E-state index in [9.17, 15) is 4.79 Å². The smallest absolute Gasteiger partial charge is 0.275 e. The number of aromatic nitrogens is 1. The molecule has 28 heavy (non-hydrogen) atoms. The maximum Gasteiger partial charge on any atom is 0.275 e. The zero-order valence-corrected chi connectivity index (χ0v) is 16.1. The Hall–Kier alpha value is -3.38. The number of amides is 1. The summed E-state index contributed by atoms with van der Waals surface area (Å²) in [5, 5.41) is 10.7. The van der Waals surface area contributed by atoms with Crippen LogP contribution in [0.3, 0.4) is 0 Å². The van der Waals surface area contributed by atoms with Crippen molar-refractivity contribution in [3.8, 4) is 5.75 Å². The van der Waals surface area contributed by atoms with Gasteiger partial charge in [0.25, 0.3) is 5.91 Å². The first-order valence-corrected chi connectivity index (χ1v) is 9.85. The molecule has 0 fully saturated rings. The Morgan fingerprint density at radius 1 is 1.04 bits per heavy atom. The molecule has 1 amide bonds. The maximum atomic E-state index is 12.6. The molecule has 0 unspecified atom stereocenters. The molecule has 140 valence electrons. The van der Waals surface area contributed by atoms with E-state index in [2.05, 4.69) is 15.6 Å². The summed E-state index contributed by atoms with van der Waals surface area (Å²) in [6.07, 6.45) is 0. The summed E-state index contributed by atoms with van der Waals surface area (Å²) in [5.74, 6) is 0.592. The molecule has 6 heteroatoms. The Bertz CT molecular complexity index is 1100. The number of hydrogen-bond acceptors (Lipinski definition) is 5. The van der Waals surface area contributed by atoms with Gasteiger partial charge in [-0.2, -0.15) is 0 Å². The molecule has 5 nitrogen and oxygen atoms in total. The first-order chi connectivity index (χ1) is 13.7. The zero-order valence-electron chi connectivity index (χ0n) is 15.3. The molecular formula is C22H19N3O2S.